The molecule has 0 aliphatic carbocycles. The van der Waals surface area contributed by atoms with Crippen LogP contribution in [0.15, 0.2) is 48.5 Å². The van der Waals surface area contributed by atoms with Gasteiger partial charge >= 0.3 is 0 Å². The van der Waals surface area contributed by atoms with E-state index in [1.54, 1.807) is 49.4 Å². The maximum Gasteiger partial charge on any atom is 0.181 e. The highest BCUT2D eigenvalue weighted by molar-refractivity contribution is 6.02. The van der Waals surface area contributed by atoms with E-state index in [9.17, 15) is 14.0 Å². The summed E-state index contributed by atoms with van der Waals surface area (Å²) >= 11 is 0. The van der Waals surface area contributed by atoms with Gasteiger partial charge in [0.05, 0.1) is 14.2 Å². The number of carbonyl (C=O) groups excluding carboxylic acids is 2. The Morgan fingerprint density at radius 3 is 2.25 bits per heavy atom. The average molecular weight is 495 g/mol. The average Bonchev–Trinajstić information content (AvgIpc) is 2.88. The first-order valence-corrected chi connectivity index (χ1v) is 11.6. The number of likely N-dealkylation sites (N-methyl/N-ethyl adjacent to an activating group) is 1. The number of ether oxygens (including phenoxy) is 3. The molecule has 3 aromatic rings. The molecule has 0 saturated carbocycles. The molecule has 1 aromatic heterocycles. The van der Waals surface area contributed by atoms with Gasteiger partial charge < -0.3 is 19.1 Å². The third kappa shape index (κ3) is 6.66. The Morgan fingerprint density at radius 2 is 1.58 bits per heavy atom. The molecule has 0 aliphatic heterocycles. The minimum absolute atomic E-state index is 0.0105. The Balaban J connectivity index is 1.71. The number of carbonyl (C=O) groups is 2. The van der Waals surface area contributed by atoms with Gasteiger partial charge in [-0.25, -0.2) is 9.37 Å². The lowest BCUT2D eigenvalue weighted by Gasteiger charge is -2.14. The lowest BCUT2D eigenvalue weighted by Crippen LogP contribution is -2.19. The topological polar surface area (TPSA) is 78.0 Å². The number of pyridine rings is 1. The first kappa shape index (κ1) is 26.8. The number of ketones is 2. The van der Waals surface area contributed by atoms with Gasteiger partial charge in [0.1, 0.15) is 29.6 Å². The maximum absolute atomic E-state index is 13.7. The molecule has 3 rings (SSSR count). The van der Waals surface area contributed by atoms with Crippen LogP contribution in [0.3, 0.4) is 0 Å². The molecular formula is C28H31FN2O5. The van der Waals surface area contributed by atoms with Crippen molar-refractivity contribution in [3.8, 4) is 28.5 Å². The van der Waals surface area contributed by atoms with Gasteiger partial charge in [-0.3, -0.25) is 9.59 Å². The van der Waals surface area contributed by atoms with Crippen molar-refractivity contribution in [1.82, 2.24) is 9.88 Å². The van der Waals surface area contributed by atoms with Crippen LogP contribution in [0.4, 0.5) is 4.39 Å². The Labute approximate surface area is 210 Å². The minimum Gasteiger partial charge on any atom is -0.494 e. The quantitative estimate of drug-likeness (QED) is 0.328. The van der Waals surface area contributed by atoms with Gasteiger partial charge in [0.25, 0.3) is 0 Å². The summed E-state index contributed by atoms with van der Waals surface area (Å²) < 4.78 is 30.2. The van der Waals surface area contributed by atoms with E-state index in [1.807, 2.05) is 19.0 Å². The van der Waals surface area contributed by atoms with Crippen LogP contribution in [-0.4, -0.2) is 62.9 Å². The van der Waals surface area contributed by atoms with Crippen molar-refractivity contribution >= 4 is 11.6 Å². The van der Waals surface area contributed by atoms with Crippen LogP contribution in [0.2, 0.25) is 0 Å². The van der Waals surface area contributed by atoms with Crippen LogP contribution >= 0.6 is 0 Å². The number of hydrogen-bond acceptors (Lipinski definition) is 7. The highest BCUT2D eigenvalue weighted by atomic mass is 19.1. The van der Waals surface area contributed by atoms with Crippen molar-refractivity contribution in [2.24, 2.45) is 0 Å². The van der Waals surface area contributed by atoms with E-state index in [-0.39, 0.29) is 35.9 Å². The minimum atomic E-state index is -0.326. The number of methoxy groups -OCH3 is 2. The zero-order valence-corrected chi connectivity index (χ0v) is 21.3. The maximum atomic E-state index is 13.7. The third-order valence-corrected chi connectivity index (χ3v) is 5.66. The predicted molar refractivity (Wildman–Crippen MR) is 136 cm³/mol. The number of halogens is 1. The number of benzene rings is 2. The fourth-order valence-electron chi connectivity index (χ4n) is 3.56. The van der Waals surface area contributed by atoms with Crippen molar-refractivity contribution < 1.29 is 28.2 Å². The molecule has 0 atom stereocenters. The number of aryl methyl sites for hydroxylation is 1. The summed E-state index contributed by atoms with van der Waals surface area (Å²) in [6.07, 6.45) is 0.00493. The highest BCUT2D eigenvalue weighted by Crippen LogP contribution is 2.31. The van der Waals surface area contributed by atoms with E-state index in [0.29, 0.717) is 46.2 Å². The first-order chi connectivity index (χ1) is 17.2. The van der Waals surface area contributed by atoms with E-state index in [0.717, 1.165) is 6.54 Å². The van der Waals surface area contributed by atoms with Gasteiger partial charge in [-0.2, -0.15) is 0 Å². The van der Waals surface area contributed by atoms with Crippen molar-refractivity contribution in [2.75, 3.05) is 41.5 Å². The summed E-state index contributed by atoms with van der Waals surface area (Å²) in [5, 5.41) is 0. The lowest BCUT2D eigenvalue weighted by atomic mass is 10.0. The summed E-state index contributed by atoms with van der Waals surface area (Å²) in [5.74, 6) is 0.688. The number of aromatic nitrogens is 1. The van der Waals surface area contributed by atoms with E-state index >= 15 is 0 Å². The molecular weight excluding hydrogens is 463 g/mol. The van der Waals surface area contributed by atoms with E-state index in [2.05, 4.69) is 4.98 Å². The summed E-state index contributed by atoms with van der Waals surface area (Å²) in [6, 6.07) is 12.8. The molecule has 0 bridgehead atoms. The molecule has 2 aromatic carbocycles. The second-order valence-electron chi connectivity index (χ2n) is 8.58. The van der Waals surface area contributed by atoms with Crippen molar-refractivity contribution in [3.63, 3.8) is 0 Å². The standard InChI is InChI=1S/C28H31FN2O5/c1-18-16-20(6-8-21(18)29)28-26(34-4)13-9-22(30-28)24(33)11-10-23(32)19-7-12-25(27(17-19)35-5)36-15-14-31(2)3/h6-9,12-13,16-17H,10-11,14-15H2,1-5H3. The van der Waals surface area contributed by atoms with Crippen LogP contribution in [-0.2, 0) is 0 Å². The number of hydrogen-bond donors (Lipinski definition) is 0. The van der Waals surface area contributed by atoms with Crippen LogP contribution in [0.25, 0.3) is 11.3 Å². The largest absolute Gasteiger partial charge is 0.494 e. The molecule has 36 heavy (non-hydrogen) atoms. The zero-order valence-electron chi connectivity index (χ0n) is 21.3. The van der Waals surface area contributed by atoms with Gasteiger partial charge in [-0.05, 0) is 75.1 Å². The Bertz CT molecular complexity index is 1240. The zero-order chi connectivity index (χ0) is 26.2. The van der Waals surface area contributed by atoms with Gasteiger partial charge in [0, 0.05) is 30.5 Å². The fraction of sp³-hybridized carbons (Fsp3) is 0.321. The molecule has 190 valence electrons. The van der Waals surface area contributed by atoms with Crippen LogP contribution in [0.5, 0.6) is 17.2 Å². The highest BCUT2D eigenvalue weighted by Gasteiger charge is 2.17. The number of rotatable bonds is 12. The summed E-state index contributed by atoms with van der Waals surface area (Å²) in [4.78, 5) is 32.1. The molecule has 7 nitrogen and oxygen atoms in total. The Morgan fingerprint density at radius 1 is 0.889 bits per heavy atom. The molecule has 0 saturated heterocycles. The summed E-state index contributed by atoms with van der Waals surface area (Å²) in [7, 11) is 6.93. The molecule has 0 N–H and O–H groups in total. The normalized spacial score (nSPS) is 10.9. The van der Waals surface area contributed by atoms with Gasteiger partial charge in [0.2, 0.25) is 0 Å². The predicted octanol–water partition coefficient (Wildman–Crippen LogP) is 5.00. The summed E-state index contributed by atoms with van der Waals surface area (Å²) in [5.41, 5.74) is 2.18. The molecule has 0 fully saturated rings. The smallest absolute Gasteiger partial charge is 0.181 e. The van der Waals surface area contributed by atoms with E-state index in [1.165, 1.54) is 20.3 Å². The molecule has 8 heteroatoms. The van der Waals surface area contributed by atoms with E-state index in [4.69, 9.17) is 14.2 Å². The third-order valence-electron chi connectivity index (χ3n) is 5.66. The Hall–Kier alpha value is -3.78. The molecule has 0 aliphatic rings. The molecule has 0 spiro atoms. The van der Waals surface area contributed by atoms with E-state index < -0.39 is 0 Å². The molecule has 0 unspecified atom stereocenters. The second kappa shape index (κ2) is 12.3. The van der Waals surface area contributed by atoms with Gasteiger partial charge in [0.15, 0.2) is 23.1 Å². The van der Waals surface area contributed by atoms with Crippen molar-refractivity contribution in [2.45, 2.75) is 19.8 Å². The molecule has 0 radical (unpaired) electrons. The first-order valence-electron chi connectivity index (χ1n) is 11.6. The number of Topliss-reactive ketones (excluding diaryl/α,β-unsaturated/α-hetero) is 2. The Kier molecular flexibility index (Phi) is 9.13. The van der Waals surface area contributed by atoms with Gasteiger partial charge in [-0.1, -0.05) is 0 Å². The van der Waals surface area contributed by atoms with Gasteiger partial charge in [-0.15, -0.1) is 0 Å². The van der Waals surface area contributed by atoms with Crippen molar-refractivity contribution in [1.29, 1.82) is 0 Å². The SMILES string of the molecule is COc1cc(C(=O)CCC(=O)c2ccc(OC)c(-c3ccc(F)c(C)c3)n2)ccc1OCCN(C)C. The number of nitrogens with zero attached hydrogens (tertiary/aromatic N) is 2. The second-order valence-corrected chi connectivity index (χ2v) is 8.58. The monoisotopic (exact) mass is 494 g/mol. The molecule has 1 heterocycles. The van der Waals surface area contributed by atoms with Crippen LogP contribution in [0.1, 0.15) is 39.3 Å². The van der Waals surface area contributed by atoms with Crippen LogP contribution < -0.4 is 14.2 Å². The lowest BCUT2D eigenvalue weighted by molar-refractivity contribution is 0.0915. The molecule has 0 amide bonds. The van der Waals surface area contributed by atoms with Crippen LogP contribution in [0, 0.1) is 12.7 Å². The van der Waals surface area contributed by atoms with Crippen molar-refractivity contribution in [3.05, 3.63) is 71.2 Å². The summed E-state index contributed by atoms with van der Waals surface area (Å²) in [6.45, 7) is 2.89. The fourth-order valence-corrected chi connectivity index (χ4v) is 3.56.